The fourth-order valence-electron chi connectivity index (χ4n) is 3.58. The highest BCUT2D eigenvalue weighted by Gasteiger charge is 2.13. The van der Waals surface area contributed by atoms with E-state index in [0.29, 0.717) is 11.6 Å². The third-order valence-electron chi connectivity index (χ3n) is 5.42. The minimum Gasteiger partial charge on any atom is -0.487 e. The quantitative estimate of drug-likeness (QED) is 0.196. The summed E-state index contributed by atoms with van der Waals surface area (Å²) in [6.07, 6.45) is 3.44. The van der Waals surface area contributed by atoms with Crippen LogP contribution in [0.1, 0.15) is 16.8 Å². The Morgan fingerprint density at radius 3 is 2.46 bits per heavy atom. The van der Waals surface area contributed by atoms with Crippen molar-refractivity contribution in [1.29, 1.82) is 0 Å². The number of amides is 2. The maximum absolute atomic E-state index is 12.1. The summed E-state index contributed by atoms with van der Waals surface area (Å²) >= 11 is 6.03. The molecule has 5 nitrogen and oxygen atoms in total. The molecule has 0 spiro atoms. The fraction of sp³-hybridized carbons (Fsp3) is 0.0690. The Morgan fingerprint density at radius 1 is 1.00 bits per heavy atom. The number of ether oxygens (including phenoxy) is 1. The number of fused-ring (bicyclic) bond motifs is 1. The van der Waals surface area contributed by atoms with Crippen LogP contribution < -0.4 is 4.74 Å². The van der Waals surface area contributed by atoms with Crippen molar-refractivity contribution in [2.75, 3.05) is 6.54 Å². The normalized spacial score (nSPS) is 11.2. The van der Waals surface area contributed by atoms with E-state index in [-0.39, 0.29) is 6.54 Å². The SMILES string of the molecule is C=CN(CC(=Cc1ccc(Cl)cc1)c1ccc(OCc2ccc3ccccc3n2)cc1)C(=O)N=C. The van der Waals surface area contributed by atoms with E-state index in [2.05, 4.69) is 23.3 Å². The largest absolute Gasteiger partial charge is 0.487 e. The van der Waals surface area contributed by atoms with Crippen LogP contribution in [0.2, 0.25) is 5.02 Å². The lowest BCUT2D eigenvalue weighted by molar-refractivity contribution is 0.229. The Balaban J connectivity index is 1.54. The second-order valence-electron chi connectivity index (χ2n) is 7.78. The zero-order chi connectivity index (χ0) is 24.6. The van der Waals surface area contributed by atoms with E-state index in [1.807, 2.05) is 91.0 Å². The number of aliphatic imine (C=N–C) groups is 1. The van der Waals surface area contributed by atoms with Crippen LogP contribution in [-0.4, -0.2) is 29.2 Å². The minimum atomic E-state index is -0.468. The van der Waals surface area contributed by atoms with Crippen LogP contribution in [0.4, 0.5) is 4.79 Å². The van der Waals surface area contributed by atoms with Crippen molar-refractivity contribution in [3.05, 3.63) is 120 Å². The number of carbonyl (C=O) groups excluding carboxylic acids is 1. The monoisotopic (exact) mass is 481 g/mol. The Bertz CT molecular complexity index is 1380. The fourth-order valence-corrected chi connectivity index (χ4v) is 3.70. The molecular weight excluding hydrogens is 458 g/mol. The number of benzene rings is 3. The molecule has 1 aromatic heterocycles. The van der Waals surface area contributed by atoms with E-state index in [9.17, 15) is 4.79 Å². The van der Waals surface area contributed by atoms with E-state index in [0.717, 1.165) is 39.0 Å². The zero-order valence-electron chi connectivity index (χ0n) is 19.1. The van der Waals surface area contributed by atoms with Gasteiger partial charge in [0.25, 0.3) is 0 Å². The second-order valence-corrected chi connectivity index (χ2v) is 8.22. The standard InChI is InChI=1S/C29H24ClN3O2/c1-3-33(29(34)31-2)19-24(18-21-8-13-25(30)14-9-21)22-11-16-27(17-12-22)35-20-26-15-10-23-6-4-5-7-28(23)32-26/h3-18H,1-2,19-20H2. The third kappa shape index (κ3) is 6.22. The molecule has 0 saturated heterocycles. The van der Waals surface area contributed by atoms with Crippen LogP contribution in [-0.2, 0) is 6.61 Å². The van der Waals surface area contributed by atoms with Gasteiger partial charge in [0.2, 0.25) is 0 Å². The van der Waals surface area contributed by atoms with Crippen LogP contribution in [0.5, 0.6) is 5.75 Å². The maximum Gasteiger partial charge on any atom is 0.347 e. The Labute approximate surface area is 209 Å². The number of carbonyl (C=O) groups is 1. The van der Waals surface area contributed by atoms with Crippen LogP contribution >= 0.6 is 11.6 Å². The first kappa shape index (κ1) is 23.9. The molecule has 0 fully saturated rings. The second kappa shape index (κ2) is 11.3. The summed E-state index contributed by atoms with van der Waals surface area (Å²) in [4.78, 5) is 21.7. The molecule has 1 heterocycles. The minimum absolute atomic E-state index is 0.283. The highest BCUT2D eigenvalue weighted by molar-refractivity contribution is 6.30. The van der Waals surface area contributed by atoms with E-state index in [1.165, 1.54) is 11.1 Å². The average Bonchev–Trinajstić information content (AvgIpc) is 2.90. The van der Waals surface area contributed by atoms with Gasteiger partial charge in [-0.3, -0.25) is 4.90 Å². The van der Waals surface area contributed by atoms with Crippen molar-refractivity contribution in [2.45, 2.75) is 6.61 Å². The molecule has 0 unspecified atom stereocenters. The molecule has 0 radical (unpaired) electrons. The lowest BCUT2D eigenvalue weighted by atomic mass is 10.0. The smallest absolute Gasteiger partial charge is 0.347 e. The molecule has 0 atom stereocenters. The molecule has 0 saturated carbocycles. The Hall–Kier alpha value is -4.22. The van der Waals surface area contributed by atoms with Crippen molar-refractivity contribution in [2.24, 2.45) is 4.99 Å². The van der Waals surface area contributed by atoms with Gasteiger partial charge in [0.1, 0.15) is 12.4 Å². The number of rotatable bonds is 8. The number of pyridine rings is 1. The number of nitrogens with zero attached hydrogens (tertiary/aromatic N) is 3. The molecule has 4 rings (SSSR count). The number of hydrogen-bond acceptors (Lipinski definition) is 3. The Morgan fingerprint density at radius 2 is 1.74 bits per heavy atom. The van der Waals surface area contributed by atoms with Crippen molar-refractivity contribution in [3.63, 3.8) is 0 Å². The molecule has 0 aliphatic carbocycles. The number of aromatic nitrogens is 1. The van der Waals surface area contributed by atoms with Crippen LogP contribution in [0.15, 0.2) is 103 Å². The number of hydrogen-bond donors (Lipinski definition) is 0. The van der Waals surface area contributed by atoms with Gasteiger partial charge >= 0.3 is 6.03 Å². The molecule has 35 heavy (non-hydrogen) atoms. The summed E-state index contributed by atoms with van der Waals surface area (Å²) < 4.78 is 5.96. The topological polar surface area (TPSA) is 54.8 Å². The molecule has 174 valence electrons. The van der Waals surface area contributed by atoms with Gasteiger partial charge in [-0.2, -0.15) is 0 Å². The van der Waals surface area contributed by atoms with E-state index in [1.54, 1.807) is 0 Å². The number of para-hydroxylation sites is 1. The molecular formula is C29H24ClN3O2. The van der Waals surface area contributed by atoms with Crippen molar-refractivity contribution in [1.82, 2.24) is 9.88 Å². The van der Waals surface area contributed by atoms with Gasteiger partial charge in [-0.25, -0.2) is 14.8 Å². The summed E-state index contributed by atoms with van der Waals surface area (Å²) in [5.74, 6) is 0.721. The molecule has 3 aromatic carbocycles. The first-order chi connectivity index (χ1) is 17.1. The van der Waals surface area contributed by atoms with E-state index < -0.39 is 6.03 Å². The van der Waals surface area contributed by atoms with Crippen molar-refractivity contribution < 1.29 is 9.53 Å². The van der Waals surface area contributed by atoms with Gasteiger partial charge in [0.05, 0.1) is 17.8 Å². The highest BCUT2D eigenvalue weighted by atomic mass is 35.5. The van der Waals surface area contributed by atoms with Crippen LogP contribution in [0.25, 0.3) is 22.6 Å². The summed E-state index contributed by atoms with van der Waals surface area (Å²) in [5.41, 5.74) is 4.58. The van der Waals surface area contributed by atoms with E-state index >= 15 is 0 Å². The third-order valence-corrected chi connectivity index (χ3v) is 5.67. The molecule has 6 heteroatoms. The van der Waals surface area contributed by atoms with Gasteiger partial charge in [0, 0.05) is 16.6 Å². The van der Waals surface area contributed by atoms with Gasteiger partial charge in [-0.05, 0) is 65.9 Å². The maximum atomic E-state index is 12.1. The number of halogens is 1. The van der Waals surface area contributed by atoms with Gasteiger partial charge in [-0.1, -0.05) is 66.7 Å². The van der Waals surface area contributed by atoms with Crippen molar-refractivity contribution in [3.8, 4) is 5.75 Å². The molecule has 0 aliphatic rings. The first-order valence-corrected chi connectivity index (χ1v) is 11.4. The predicted octanol–water partition coefficient (Wildman–Crippen LogP) is 7.27. The van der Waals surface area contributed by atoms with Crippen molar-refractivity contribution >= 4 is 46.9 Å². The molecule has 0 N–H and O–H groups in total. The molecule has 0 bridgehead atoms. The zero-order valence-corrected chi connectivity index (χ0v) is 19.9. The average molecular weight is 482 g/mol. The Kier molecular flexibility index (Phi) is 7.70. The van der Waals surface area contributed by atoms with Crippen LogP contribution in [0, 0.1) is 0 Å². The number of urea groups is 1. The molecule has 0 aliphatic heterocycles. The van der Waals surface area contributed by atoms with Gasteiger partial charge < -0.3 is 4.74 Å². The van der Waals surface area contributed by atoms with Gasteiger partial charge in [-0.15, -0.1) is 0 Å². The summed E-state index contributed by atoms with van der Waals surface area (Å²) in [6, 6.07) is 26.7. The summed E-state index contributed by atoms with van der Waals surface area (Å²) in [5, 5.41) is 1.75. The molecule has 2 amide bonds. The summed E-state index contributed by atoms with van der Waals surface area (Å²) in [7, 11) is 0. The molecule has 4 aromatic rings. The lowest BCUT2D eigenvalue weighted by Gasteiger charge is -2.18. The highest BCUT2D eigenvalue weighted by Crippen LogP contribution is 2.24. The van der Waals surface area contributed by atoms with Gasteiger partial charge in [0.15, 0.2) is 0 Å². The van der Waals surface area contributed by atoms with Crippen LogP contribution in [0.3, 0.4) is 0 Å². The summed E-state index contributed by atoms with van der Waals surface area (Å²) in [6.45, 7) is 7.71. The predicted molar refractivity (Wildman–Crippen MR) is 144 cm³/mol. The van der Waals surface area contributed by atoms with E-state index in [4.69, 9.17) is 16.3 Å². The lowest BCUT2D eigenvalue weighted by Crippen LogP contribution is -2.24. The first-order valence-electron chi connectivity index (χ1n) is 11.0.